The zero-order valence-corrected chi connectivity index (χ0v) is 14.6. The summed E-state index contributed by atoms with van der Waals surface area (Å²) in [6.07, 6.45) is 5.73. The van der Waals surface area contributed by atoms with Gasteiger partial charge in [-0.2, -0.15) is 0 Å². The van der Waals surface area contributed by atoms with Crippen LogP contribution in [-0.4, -0.2) is 28.2 Å². The molecule has 1 fully saturated rings. The van der Waals surface area contributed by atoms with E-state index in [0.29, 0.717) is 12.3 Å². The van der Waals surface area contributed by atoms with Gasteiger partial charge in [0.2, 0.25) is 5.91 Å². The van der Waals surface area contributed by atoms with Gasteiger partial charge in [0.15, 0.2) is 0 Å². The van der Waals surface area contributed by atoms with Gasteiger partial charge in [0.05, 0.1) is 25.7 Å². The van der Waals surface area contributed by atoms with Crippen molar-refractivity contribution in [3.63, 3.8) is 0 Å². The Morgan fingerprint density at radius 3 is 2.80 bits per heavy atom. The Morgan fingerprint density at radius 1 is 1.24 bits per heavy atom. The first-order chi connectivity index (χ1) is 12.2. The highest BCUT2D eigenvalue weighted by atomic mass is 32.2. The number of nitrogens with zero attached hydrogens (tertiary/aromatic N) is 2. The van der Waals surface area contributed by atoms with E-state index < -0.39 is 0 Å². The SMILES string of the molecule is COc1ccc(-n2ccc(C3SCC(=O)N3Cc3ccco3)c2)cc1. The molecule has 6 heteroatoms. The number of amides is 1. The van der Waals surface area contributed by atoms with Gasteiger partial charge in [0.1, 0.15) is 16.9 Å². The molecule has 3 aromatic rings. The van der Waals surface area contributed by atoms with Crippen molar-refractivity contribution in [1.29, 1.82) is 0 Å². The maximum Gasteiger partial charge on any atom is 0.234 e. The van der Waals surface area contributed by atoms with Crippen molar-refractivity contribution < 1.29 is 13.9 Å². The molecule has 128 valence electrons. The number of hydrogen-bond acceptors (Lipinski definition) is 4. The lowest BCUT2D eigenvalue weighted by atomic mass is 10.3. The molecule has 2 aromatic heterocycles. The fourth-order valence-electron chi connectivity index (χ4n) is 2.95. The third kappa shape index (κ3) is 3.17. The highest BCUT2D eigenvalue weighted by Crippen LogP contribution is 2.40. The summed E-state index contributed by atoms with van der Waals surface area (Å²) in [6.45, 7) is 0.497. The van der Waals surface area contributed by atoms with Gasteiger partial charge in [-0.15, -0.1) is 11.8 Å². The first-order valence-electron chi connectivity index (χ1n) is 8.00. The number of furan rings is 1. The fraction of sp³-hybridized carbons (Fsp3) is 0.211. The average Bonchev–Trinajstić information content (AvgIpc) is 3.38. The fourth-order valence-corrected chi connectivity index (χ4v) is 4.12. The number of rotatable bonds is 5. The summed E-state index contributed by atoms with van der Waals surface area (Å²) >= 11 is 1.65. The van der Waals surface area contributed by atoms with Crippen molar-refractivity contribution in [2.75, 3.05) is 12.9 Å². The second kappa shape index (κ2) is 6.72. The molecule has 1 aliphatic rings. The summed E-state index contributed by atoms with van der Waals surface area (Å²) < 4.78 is 12.7. The molecule has 0 aliphatic carbocycles. The lowest BCUT2D eigenvalue weighted by Gasteiger charge is -2.22. The van der Waals surface area contributed by atoms with Crippen LogP contribution in [0.15, 0.2) is 65.5 Å². The number of thioether (sulfide) groups is 1. The molecule has 0 saturated carbocycles. The predicted octanol–water partition coefficient (Wildman–Crippen LogP) is 3.85. The van der Waals surface area contributed by atoms with Crippen LogP contribution in [0.25, 0.3) is 5.69 Å². The Bertz CT molecular complexity index is 855. The molecular formula is C19H18N2O3S. The third-order valence-corrected chi connectivity index (χ3v) is 5.50. The van der Waals surface area contributed by atoms with Crippen molar-refractivity contribution in [2.45, 2.75) is 11.9 Å². The molecule has 0 N–H and O–H groups in total. The maximum absolute atomic E-state index is 12.3. The minimum absolute atomic E-state index is 0.0112. The van der Waals surface area contributed by atoms with Crippen LogP contribution >= 0.6 is 11.8 Å². The minimum atomic E-state index is 0.0112. The van der Waals surface area contributed by atoms with Gasteiger partial charge in [-0.25, -0.2) is 0 Å². The number of carbonyl (C=O) groups is 1. The van der Waals surface area contributed by atoms with Crippen molar-refractivity contribution in [3.8, 4) is 11.4 Å². The molecule has 1 amide bonds. The quantitative estimate of drug-likeness (QED) is 0.698. The van der Waals surface area contributed by atoms with Gasteiger partial charge in [0, 0.05) is 23.6 Å². The van der Waals surface area contributed by atoms with Crippen molar-refractivity contribution in [2.24, 2.45) is 0 Å². The second-order valence-electron chi connectivity index (χ2n) is 5.81. The highest BCUT2D eigenvalue weighted by Gasteiger charge is 2.33. The summed E-state index contributed by atoms with van der Waals surface area (Å²) in [7, 11) is 1.66. The van der Waals surface area contributed by atoms with Gasteiger partial charge >= 0.3 is 0 Å². The number of benzene rings is 1. The molecular weight excluding hydrogens is 336 g/mol. The summed E-state index contributed by atoms with van der Waals surface area (Å²) in [5.74, 6) is 2.27. The predicted molar refractivity (Wildman–Crippen MR) is 96.8 cm³/mol. The molecule has 0 radical (unpaired) electrons. The van der Waals surface area contributed by atoms with E-state index in [0.717, 1.165) is 22.8 Å². The molecule has 1 aliphatic heterocycles. The van der Waals surface area contributed by atoms with Crippen molar-refractivity contribution in [3.05, 3.63) is 72.4 Å². The number of hydrogen-bond donors (Lipinski definition) is 0. The molecule has 0 spiro atoms. The molecule has 4 rings (SSSR count). The smallest absolute Gasteiger partial charge is 0.234 e. The second-order valence-corrected chi connectivity index (χ2v) is 6.88. The highest BCUT2D eigenvalue weighted by molar-refractivity contribution is 8.00. The molecule has 1 unspecified atom stereocenters. The molecule has 5 nitrogen and oxygen atoms in total. The zero-order chi connectivity index (χ0) is 17.2. The standard InChI is InChI=1S/C19H18N2O3S/c1-23-16-6-4-15(5-7-16)20-9-8-14(11-20)19-21(18(22)13-25-19)12-17-3-2-10-24-17/h2-11,19H,12-13H2,1H3. The lowest BCUT2D eigenvalue weighted by molar-refractivity contribution is -0.128. The average molecular weight is 354 g/mol. The van der Waals surface area contributed by atoms with Gasteiger partial charge in [-0.3, -0.25) is 4.79 Å². The van der Waals surface area contributed by atoms with Crippen LogP contribution in [0.4, 0.5) is 0 Å². The Balaban J connectivity index is 1.56. The molecule has 3 heterocycles. The van der Waals surface area contributed by atoms with Crippen LogP contribution in [0.2, 0.25) is 0 Å². The lowest BCUT2D eigenvalue weighted by Crippen LogP contribution is -2.27. The number of aromatic nitrogens is 1. The van der Waals surface area contributed by atoms with Crippen molar-refractivity contribution >= 4 is 17.7 Å². The van der Waals surface area contributed by atoms with E-state index in [2.05, 4.69) is 16.8 Å². The van der Waals surface area contributed by atoms with Gasteiger partial charge < -0.3 is 18.6 Å². The Morgan fingerprint density at radius 2 is 2.08 bits per heavy atom. The van der Waals surface area contributed by atoms with E-state index in [-0.39, 0.29) is 11.3 Å². The zero-order valence-electron chi connectivity index (χ0n) is 13.8. The largest absolute Gasteiger partial charge is 0.497 e. The van der Waals surface area contributed by atoms with Crippen LogP contribution < -0.4 is 4.74 Å². The maximum atomic E-state index is 12.3. The van der Waals surface area contributed by atoms with E-state index in [1.165, 1.54) is 0 Å². The minimum Gasteiger partial charge on any atom is -0.497 e. The first-order valence-corrected chi connectivity index (χ1v) is 9.05. The summed E-state index contributed by atoms with van der Waals surface area (Å²) in [6, 6.07) is 13.7. The number of carbonyl (C=O) groups excluding carboxylic acids is 1. The summed E-state index contributed by atoms with van der Waals surface area (Å²) in [5.41, 5.74) is 2.16. The van der Waals surface area contributed by atoms with Crippen molar-refractivity contribution in [1.82, 2.24) is 9.47 Å². The molecule has 1 aromatic carbocycles. The van der Waals surface area contributed by atoms with E-state index in [4.69, 9.17) is 9.15 Å². The van der Waals surface area contributed by atoms with Gasteiger partial charge in [-0.05, 0) is 42.5 Å². The Kier molecular flexibility index (Phi) is 4.28. The summed E-state index contributed by atoms with van der Waals surface area (Å²) in [4.78, 5) is 14.1. The monoisotopic (exact) mass is 354 g/mol. The number of ether oxygens (including phenoxy) is 1. The van der Waals surface area contributed by atoms with E-state index in [9.17, 15) is 4.79 Å². The molecule has 0 bridgehead atoms. The van der Waals surface area contributed by atoms with Crippen LogP contribution in [0, 0.1) is 0 Å². The van der Waals surface area contributed by atoms with Gasteiger partial charge in [0.25, 0.3) is 0 Å². The van der Waals surface area contributed by atoms with Crippen LogP contribution in [0.1, 0.15) is 16.7 Å². The first kappa shape index (κ1) is 15.9. The van der Waals surface area contributed by atoms with E-state index in [1.807, 2.05) is 47.5 Å². The topological polar surface area (TPSA) is 47.6 Å². The Hall–Kier alpha value is -2.60. The van der Waals surface area contributed by atoms with Crippen LogP contribution in [-0.2, 0) is 11.3 Å². The van der Waals surface area contributed by atoms with Gasteiger partial charge in [-0.1, -0.05) is 0 Å². The Labute approximate surface area is 150 Å². The molecule has 1 atom stereocenters. The van der Waals surface area contributed by atoms with E-state index in [1.54, 1.807) is 25.1 Å². The van der Waals surface area contributed by atoms with Crippen LogP contribution in [0.3, 0.4) is 0 Å². The molecule has 1 saturated heterocycles. The summed E-state index contributed by atoms with van der Waals surface area (Å²) in [5, 5.41) is 0.0112. The molecule has 25 heavy (non-hydrogen) atoms. The van der Waals surface area contributed by atoms with Crippen LogP contribution in [0.5, 0.6) is 5.75 Å². The number of methoxy groups -OCH3 is 1. The third-order valence-electron chi connectivity index (χ3n) is 4.25. The van der Waals surface area contributed by atoms with E-state index >= 15 is 0 Å². The normalized spacial score (nSPS) is 17.2.